The highest BCUT2D eigenvalue weighted by molar-refractivity contribution is 9.12. The van der Waals surface area contributed by atoms with Crippen LogP contribution in [0.3, 0.4) is 0 Å². The second kappa shape index (κ2) is 10.5. The summed E-state index contributed by atoms with van der Waals surface area (Å²) in [7, 11) is 0. The van der Waals surface area contributed by atoms with E-state index < -0.39 is 0 Å². The number of carbonyl (C=O) groups is 2. The molecule has 1 fully saturated rings. The van der Waals surface area contributed by atoms with Gasteiger partial charge in [-0.3, -0.25) is 14.6 Å². The Labute approximate surface area is 219 Å². The Kier molecular flexibility index (Phi) is 7.19. The third kappa shape index (κ3) is 4.69. The standard InChI is InChI=1S/C29H30BrN3O3/c1-2-36-28(35)21(17-24-25(30)26(34)29(24)12-4-3-5-13-29)16-19-6-8-22(9-7-19)33-27-23-18-31-14-10-20(23)11-15-32-27/h6-11,14-15,18,21H,2-5,12-13,16-17H2,1H3,(H,32,33)/t21-/m1/s1. The summed E-state index contributed by atoms with van der Waals surface area (Å²) < 4.78 is 6.12. The maximum Gasteiger partial charge on any atom is 0.309 e. The first kappa shape index (κ1) is 24.6. The zero-order valence-electron chi connectivity index (χ0n) is 20.4. The Hall–Kier alpha value is -3.06. The van der Waals surface area contributed by atoms with Crippen molar-refractivity contribution in [3.63, 3.8) is 0 Å². The van der Waals surface area contributed by atoms with Crippen molar-refractivity contribution < 1.29 is 14.3 Å². The fourth-order valence-corrected chi connectivity index (χ4v) is 6.52. The van der Waals surface area contributed by atoms with Crippen molar-refractivity contribution in [2.45, 2.75) is 51.9 Å². The van der Waals surface area contributed by atoms with Gasteiger partial charge in [0, 0.05) is 29.7 Å². The van der Waals surface area contributed by atoms with Crippen molar-refractivity contribution in [2.24, 2.45) is 11.3 Å². The predicted molar refractivity (Wildman–Crippen MR) is 144 cm³/mol. The molecule has 5 rings (SSSR count). The number of ether oxygens (including phenoxy) is 1. The molecule has 1 saturated carbocycles. The van der Waals surface area contributed by atoms with Crippen LogP contribution >= 0.6 is 15.9 Å². The van der Waals surface area contributed by atoms with E-state index in [1.54, 1.807) is 18.6 Å². The number of aromatic nitrogens is 2. The van der Waals surface area contributed by atoms with Gasteiger partial charge >= 0.3 is 5.97 Å². The lowest BCUT2D eigenvalue weighted by atomic mass is 9.58. The van der Waals surface area contributed by atoms with Crippen molar-refractivity contribution in [1.29, 1.82) is 0 Å². The summed E-state index contributed by atoms with van der Waals surface area (Å²) in [5.41, 5.74) is 2.70. The fourth-order valence-electron chi connectivity index (χ4n) is 5.60. The SMILES string of the molecule is CCOC(=O)[C@@H](CC1=C(Br)C(=O)C12CCCCC2)Cc1ccc(Nc2nccc3ccncc23)cc1. The number of hydrogen-bond donors (Lipinski definition) is 1. The second-order valence-electron chi connectivity index (χ2n) is 9.70. The third-order valence-electron chi connectivity index (χ3n) is 7.52. The Balaban J connectivity index is 1.33. The highest BCUT2D eigenvalue weighted by Crippen LogP contribution is 2.56. The summed E-state index contributed by atoms with van der Waals surface area (Å²) in [6.45, 7) is 2.17. The molecule has 0 aliphatic heterocycles. The van der Waals surface area contributed by atoms with Gasteiger partial charge in [-0.05, 0) is 89.3 Å². The molecule has 1 atom stereocenters. The number of nitrogens with one attached hydrogen (secondary N) is 1. The highest BCUT2D eigenvalue weighted by atomic mass is 79.9. The lowest BCUT2D eigenvalue weighted by Crippen LogP contribution is -2.45. The molecule has 6 nitrogen and oxygen atoms in total. The van der Waals surface area contributed by atoms with Gasteiger partial charge in [-0.25, -0.2) is 4.98 Å². The monoisotopic (exact) mass is 547 g/mol. The molecule has 1 spiro atoms. The predicted octanol–water partition coefficient (Wildman–Crippen LogP) is 6.67. The average molecular weight is 548 g/mol. The van der Waals surface area contributed by atoms with Crippen LogP contribution in [0.2, 0.25) is 0 Å². The molecule has 3 aromatic rings. The Morgan fingerprint density at radius 1 is 1.08 bits per heavy atom. The number of benzene rings is 1. The lowest BCUT2D eigenvalue weighted by molar-refractivity contribution is -0.148. The van der Waals surface area contributed by atoms with Crippen LogP contribution in [0.15, 0.2) is 65.0 Å². The van der Waals surface area contributed by atoms with Crippen molar-refractivity contribution in [3.8, 4) is 0 Å². The van der Waals surface area contributed by atoms with Crippen molar-refractivity contribution >= 4 is 50.0 Å². The van der Waals surface area contributed by atoms with E-state index in [0.29, 0.717) is 23.9 Å². The molecule has 1 N–H and O–H groups in total. The normalized spacial score (nSPS) is 17.7. The number of fused-ring (bicyclic) bond motifs is 1. The zero-order chi connectivity index (χ0) is 25.1. The van der Waals surface area contributed by atoms with E-state index in [0.717, 1.165) is 59.1 Å². The molecule has 0 unspecified atom stereocenters. The molecule has 2 heterocycles. The summed E-state index contributed by atoms with van der Waals surface area (Å²) in [6.07, 6.45) is 11.6. The molecule has 186 valence electrons. The molecule has 0 amide bonds. The summed E-state index contributed by atoms with van der Waals surface area (Å²) in [5, 5.41) is 5.40. The zero-order valence-corrected chi connectivity index (χ0v) is 22.0. The Bertz CT molecular complexity index is 1310. The molecule has 0 radical (unpaired) electrons. The fraction of sp³-hybridized carbons (Fsp3) is 0.379. The number of hydrogen-bond acceptors (Lipinski definition) is 6. The quantitative estimate of drug-likeness (QED) is 0.317. The minimum absolute atomic E-state index is 0.203. The number of halogens is 1. The van der Waals surface area contributed by atoms with E-state index >= 15 is 0 Å². The minimum atomic E-state index is -0.365. The maximum atomic E-state index is 12.9. The topological polar surface area (TPSA) is 81.2 Å². The van der Waals surface area contributed by atoms with Crippen LogP contribution < -0.4 is 5.32 Å². The van der Waals surface area contributed by atoms with Crippen LogP contribution in [-0.2, 0) is 20.7 Å². The Morgan fingerprint density at radius 2 is 1.83 bits per heavy atom. The summed E-state index contributed by atoms with van der Waals surface area (Å²) in [5.74, 6) is 0.434. The molecular formula is C29H30BrN3O3. The first-order valence-electron chi connectivity index (χ1n) is 12.7. The summed E-state index contributed by atoms with van der Waals surface area (Å²) in [4.78, 5) is 34.4. The summed E-state index contributed by atoms with van der Waals surface area (Å²) in [6, 6.07) is 12.0. The summed E-state index contributed by atoms with van der Waals surface area (Å²) >= 11 is 3.52. The molecule has 2 aliphatic rings. The molecule has 0 bridgehead atoms. The molecule has 0 saturated heterocycles. The number of carbonyl (C=O) groups excluding carboxylic acids is 2. The number of pyridine rings is 2. The van der Waals surface area contributed by atoms with E-state index in [-0.39, 0.29) is 23.1 Å². The van der Waals surface area contributed by atoms with Crippen LogP contribution in [0.25, 0.3) is 10.8 Å². The van der Waals surface area contributed by atoms with Crippen LogP contribution in [0.1, 0.15) is 51.0 Å². The van der Waals surface area contributed by atoms with Gasteiger partial charge in [0.2, 0.25) is 0 Å². The van der Waals surface area contributed by atoms with Crippen LogP contribution in [0.4, 0.5) is 11.5 Å². The van der Waals surface area contributed by atoms with Gasteiger partial charge in [0.05, 0.1) is 22.4 Å². The molecule has 2 aromatic heterocycles. The number of esters is 1. The number of nitrogens with zero attached hydrogens (tertiary/aromatic N) is 2. The van der Waals surface area contributed by atoms with Gasteiger partial charge in [0.15, 0.2) is 5.78 Å². The first-order chi connectivity index (χ1) is 17.5. The van der Waals surface area contributed by atoms with Crippen molar-refractivity contribution in [2.75, 3.05) is 11.9 Å². The average Bonchev–Trinajstić information content (AvgIpc) is 2.92. The smallest absolute Gasteiger partial charge is 0.309 e. The second-order valence-corrected chi connectivity index (χ2v) is 10.5. The first-order valence-corrected chi connectivity index (χ1v) is 13.5. The van der Waals surface area contributed by atoms with E-state index in [1.807, 2.05) is 43.3 Å². The van der Waals surface area contributed by atoms with E-state index in [2.05, 4.69) is 31.2 Å². The van der Waals surface area contributed by atoms with E-state index in [4.69, 9.17) is 4.74 Å². The largest absolute Gasteiger partial charge is 0.466 e. The number of allylic oxidation sites excluding steroid dienone is 2. The van der Waals surface area contributed by atoms with Crippen LogP contribution in [0.5, 0.6) is 0 Å². The van der Waals surface area contributed by atoms with Gasteiger partial charge < -0.3 is 10.1 Å². The molecular weight excluding hydrogens is 518 g/mol. The highest BCUT2D eigenvalue weighted by Gasteiger charge is 2.53. The van der Waals surface area contributed by atoms with Gasteiger partial charge in [0.1, 0.15) is 5.82 Å². The molecule has 7 heteroatoms. The molecule has 1 aromatic carbocycles. The molecule has 2 aliphatic carbocycles. The molecule has 36 heavy (non-hydrogen) atoms. The van der Waals surface area contributed by atoms with Crippen LogP contribution in [0, 0.1) is 11.3 Å². The maximum absolute atomic E-state index is 12.9. The van der Waals surface area contributed by atoms with Crippen molar-refractivity contribution in [3.05, 3.63) is 70.6 Å². The minimum Gasteiger partial charge on any atom is -0.466 e. The number of rotatable bonds is 8. The van der Waals surface area contributed by atoms with Gasteiger partial charge in [0.25, 0.3) is 0 Å². The van der Waals surface area contributed by atoms with Gasteiger partial charge in [-0.15, -0.1) is 0 Å². The Morgan fingerprint density at radius 3 is 2.58 bits per heavy atom. The lowest BCUT2D eigenvalue weighted by Gasteiger charge is -2.46. The van der Waals surface area contributed by atoms with E-state index in [1.165, 1.54) is 6.42 Å². The van der Waals surface area contributed by atoms with Gasteiger partial charge in [-0.2, -0.15) is 0 Å². The number of ketones is 1. The van der Waals surface area contributed by atoms with Crippen LogP contribution in [-0.4, -0.2) is 28.3 Å². The van der Waals surface area contributed by atoms with E-state index in [9.17, 15) is 9.59 Å². The van der Waals surface area contributed by atoms with Crippen molar-refractivity contribution in [1.82, 2.24) is 9.97 Å². The van der Waals surface area contributed by atoms with Gasteiger partial charge in [-0.1, -0.05) is 31.4 Å². The number of Topliss-reactive ketones (excluding diaryl/α,β-unsaturated/α-hetero) is 1. The number of anilines is 2. The third-order valence-corrected chi connectivity index (χ3v) is 8.36.